The van der Waals surface area contributed by atoms with Gasteiger partial charge in [-0.2, -0.15) is 0 Å². The molecule has 0 unspecified atom stereocenters. The zero-order chi connectivity index (χ0) is 19.1. The van der Waals surface area contributed by atoms with E-state index in [4.69, 9.17) is 4.98 Å². The molecule has 3 heterocycles. The van der Waals surface area contributed by atoms with Crippen LogP contribution >= 0.6 is 0 Å². The summed E-state index contributed by atoms with van der Waals surface area (Å²) in [5.74, 6) is 0.607. The quantitative estimate of drug-likeness (QED) is 0.718. The van der Waals surface area contributed by atoms with Crippen molar-refractivity contribution in [3.63, 3.8) is 0 Å². The smallest absolute Gasteiger partial charge is 0.271 e. The number of nitrogens with zero attached hydrogens (tertiary/aromatic N) is 3. The van der Waals surface area contributed by atoms with Crippen molar-refractivity contribution in [1.82, 2.24) is 24.8 Å². The fraction of sp³-hybridized carbons (Fsp3) is 0.333. The van der Waals surface area contributed by atoms with Gasteiger partial charge in [0, 0.05) is 29.6 Å². The lowest BCUT2D eigenvalue weighted by Gasteiger charge is -2.39. The van der Waals surface area contributed by atoms with Gasteiger partial charge in [-0.3, -0.25) is 9.59 Å². The van der Waals surface area contributed by atoms with Crippen LogP contribution in [0.15, 0.2) is 47.7 Å². The number of hydrogen-bond acceptors (Lipinski definition) is 4. The van der Waals surface area contributed by atoms with Gasteiger partial charge < -0.3 is 14.9 Å². The van der Waals surface area contributed by atoms with Gasteiger partial charge in [0.2, 0.25) is 0 Å². The molecule has 2 N–H and O–H groups in total. The van der Waals surface area contributed by atoms with Crippen LogP contribution in [0.25, 0.3) is 11.4 Å². The Bertz CT molecular complexity index is 1060. The van der Waals surface area contributed by atoms with E-state index < -0.39 is 0 Å². The minimum Gasteiger partial charge on any atom is -0.341 e. The molecule has 1 saturated heterocycles. The predicted octanol–water partition coefficient (Wildman–Crippen LogP) is 2.28. The average Bonchev–Trinajstić information content (AvgIpc) is 3.38. The van der Waals surface area contributed by atoms with Crippen LogP contribution in [0.2, 0.25) is 0 Å². The maximum atomic E-state index is 12.7. The Hall–Kier alpha value is -3.22. The van der Waals surface area contributed by atoms with Gasteiger partial charge in [-0.05, 0) is 25.7 Å². The second-order valence-corrected chi connectivity index (χ2v) is 7.65. The second-order valence-electron chi connectivity index (χ2n) is 7.65. The number of fused-ring (bicyclic) bond motifs is 2. The van der Waals surface area contributed by atoms with E-state index in [1.165, 1.54) is 6.33 Å². The molecule has 5 rings (SSSR count). The average molecular weight is 375 g/mol. The third-order valence-corrected chi connectivity index (χ3v) is 6.15. The van der Waals surface area contributed by atoms with Gasteiger partial charge in [0.05, 0.1) is 18.2 Å². The highest BCUT2D eigenvalue weighted by Crippen LogP contribution is 2.44. The van der Waals surface area contributed by atoms with Gasteiger partial charge in [0.25, 0.3) is 11.5 Å². The molecule has 7 nitrogen and oxygen atoms in total. The number of aromatic nitrogens is 4. The van der Waals surface area contributed by atoms with E-state index >= 15 is 0 Å². The van der Waals surface area contributed by atoms with Crippen molar-refractivity contribution in [3.05, 3.63) is 70.2 Å². The number of imidazole rings is 1. The summed E-state index contributed by atoms with van der Waals surface area (Å²) in [6.45, 7) is 1.32. The molecule has 1 aliphatic heterocycles. The van der Waals surface area contributed by atoms with Crippen LogP contribution in [0, 0.1) is 0 Å². The maximum absolute atomic E-state index is 12.7. The van der Waals surface area contributed by atoms with Gasteiger partial charge in [0.1, 0.15) is 11.5 Å². The molecule has 0 radical (unpaired) electrons. The largest absolute Gasteiger partial charge is 0.341 e. The highest BCUT2D eigenvalue weighted by molar-refractivity contribution is 5.92. The van der Waals surface area contributed by atoms with E-state index in [9.17, 15) is 9.59 Å². The van der Waals surface area contributed by atoms with Crippen molar-refractivity contribution in [2.45, 2.75) is 31.1 Å². The number of benzene rings is 1. The van der Waals surface area contributed by atoms with Crippen molar-refractivity contribution >= 4 is 5.91 Å². The maximum Gasteiger partial charge on any atom is 0.271 e. The molecule has 1 fully saturated rings. The summed E-state index contributed by atoms with van der Waals surface area (Å²) >= 11 is 0. The van der Waals surface area contributed by atoms with Gasteiger partial charge >= 0.3 is 0 Å². The molecule has 0 saturated carbocycles. The summed E-state index contributed by atoms with van der Waals surface area (Å²) < 4.78 is 0. The van der Waals surface area contributed by atoms with Gasteiger partial charge in [-0.25, -0.2) is 9.97 Å². The monoisotopic (exact) mass is 375 g/mol. The zero-order valence-corrected chi connectivity index (χ0v) is 15.4. The fourth-order valence-electron chi connectivity index (χ4n) is 4.55. The van der Waals surface area contributed by atoms with E-state index in [0.717, 1.165) is 42.5 Å². The molecular formula is C21H21N5O2. The van der Waals surface area contributed by atoms with Crippen molar-refractivity contribution in [2.24, 2.45) is 0 Å². The van der Waals surface area contributed by atoms with Crippen LogP contribution < -0.4 is 5.56 Å². The number of amides is 1. The molecule has 7 heteroatoms. The first-order valence-electron chi connectivity index (χ1n) is 9.63. The molecule has 2 aromatic heterocycles. The van der Waals surface area contributed by atoms with E-state index in [1.54, 1.807) is 6.20 Å². The topological polar surface area (TPSA) is 94.7 Å². The molecule has 1 spiro atoms. The molecule has 1 amide bonds. The van der Waals surface area contributed by atoms with Crippen LogP contribution in [-0.2, 0) is 11.8 Å². The molecule has 1 aliphatic carbocycles. The first-order valence-corrected chi connectivity index (χ1v) is 9.63. The standard InChI is InChI=1S/C21H21N5O2/c27-19-15-6-7-21(17(15)24-18(25-19)14-4-2-1-3-5-14)8-10-26(11-9-21)20(28)16-12-22-13-23-16/h1-5,12-13H,6-11H2,(H,22,23)(H,24,25,27). The Morgan fingerprint density at radius 1 is 1.11 bits per heavy atom. The fourth-order valence-corrected chi connectivity index (χ4v) is 4.55. The number of carbonyl (C=O) groups is 1. The van der Waals surface area contributed by atoms with Gasteiger partial charge in [-0.1, -0.05) is 30.3 Å². The van der Waals surface area contributed by atoms with E-state index in [-0.39, 0.29) is 16.9 Å². The number of likely N-dealkylation sites (tertiary alicyclic amines) is 1. The summed E-state index contributed by atoms with van der Waals surface area (Å²) in [7, 11) is 0. The Balaban J connectivity index is 1.44. The number of rotatable bonds is 2. The summed E-state index contributed by atoms with van der Waals surface area (Å²) in [6, 6.07) is 9.74. The third-order valence-electron chi connectivity index (χ3n) is 6.15. The Morgan fingerprint density at radius 3 is 2.61 bits per heavy atom. The zero-order valence-electron chi connectivity index (χ0n) is 15.4. The molecular weight excluding hydrogens is 354 g/mol. The lowest BCUT2D eigenvalue weighted by molar-refractivity contribution is 0.0658. The first kappa shape index (κ1) is 16.9. The molecule has 2 aliphatic rings. The number of carbonyl (C=O) groups excluding carboxylic acids is 1. The van der Waals surface area contributed by atoms with Crippen molar-refractivity contribution < 1.29 is 4.79 Å². The molecule has 3 aromatic rings. The van der Waals surface area contributed by atoms with Gasteiger partial charge in [-0.15, -0.1) is 0 Å². The third kappa shape index (κ3) is 2.66. The summed E-state index contributed by atoms with van der Waals surface area (Å²) in [6.07, 6.45) is 6.40. The van der Waals surface area contributed by atoms with E-state index in [2.05, 4.69) is 15.0 Å². The van der Waals surface area contributed by atoms with Crippen molar-refractivity contribution in [3.8, 4) is 11.4 Å². The van der Waals surface area contributed by atoms with Crippen LogP contribution in [0.5, 0.6) is 0 Å². The number of nitrogens with one attached hydrogen (secondary N) is 2. The second kappa shape index (κ2) is 6.44. The predicted molar refractivity (Wildman–Crippen MR) is 104 cm³/mol. The minimum atomic E-state index is -0.113. The molecule has 1 aromatic carbocycles. The lowest BCUT2D eigenvalue weighted by atomic mass is 9.76. The van der Waals surface area contributed by atoms with E-state index in [0.29, 0.717) is 24.6 Å². The Kier molecular flexibility index (Phi) is 3.89. The minimum absolute atomic E-state index is 0.0191. The lowest BCUT2D eigenvalue weighted by Crippen LogP contribution is -2.45. The number of H-pyrrole nitrogens is 2. The Morgan fingerprint density at radius 2 is 1.89 bits per heavy atom. The van der Waals surface area contributed by atoms with Crippen LogP contribution in [0.1, 0.15) is 41.0 Å². The summed E-state index contributed by atoms with van der Waals surface area (Å²) in [5.41, 5.74) is 3.03. The van der Waals surface area contributed by atoms with Crippen LogP contribution in [-0.4, -0.2) is 43.8 Å². The van der Waals surface area contributed by atoms with Gasteiger partial charge in [0.15, 0.2) is 0 Å². The molecule has 0 bridgehead atoms. The highest BCUT2D eigenvalue weighted by Gasteiger charge is 2.44. The number of piperidine rings is 1. The first-order chi connectivity index (χ1) is 13.7. The Labute approximate surface area is 161 Å². The van der Waals surface area contributed by atoms with Crippen molar-refractivity contribution in [1.29, 1.82) is 0 Å². The SMILES string of the molecule is O=C(c1cnc[nH]1)N1CCC2(CCc3c2nc(-c2ccccc2)[nH]c3=O)CC1. The normalized spacial score (nSPS) is 17.6. The summed E-state index contributed by atoms with van der Waals surface area (Å²) in [5, 5.41) is 0. The molecule has 142 valence electrons. The highest BCUT2D eigenvalue weighted by atomic mass is 16.2. The molecule has 28 heavy (non-hydrogen) atoms. The summed E-state index contributed by atoms with van der Waals surface area (Å²) in [4.78, 5) is 41.8. The van der Waals surface area contributed by atoms with E-state index in [1.807, 2.05) is 35.2 Å². The van der Waals surface area contributed by atoms with Crippen LogP contribution in [0.4, 0.5) is 0 Å². The molecule has 0 atom stereocenters. The van der Waals surface area contributed by atoms with Crippen molar-refractivity contribution in [2.75, 3.05) is 13.1 Å². The van der Waals surface area contributed by atoms with Crippen LogP contribution in [0.3, 0.4) is 0 Å². The number of hydrogen-bond donors (Lipinski definition) is 2. The number of aromatic amines is 2.